The molecule has 1 aliphatic heterocycles. The SMILES string of the molecule is CCn1nncc1CN1CCC(c2ncco2)CC1. The van der Waals surface area contributed by atoms with Gasteiger partial charge in [-0.15, -0.1) is 5.10 Å². The Balaban J connectivity index is 1.56. The summed E-state index contributed by atoms with van der Waals surface area (Å²) in [6.45, 7) is 6.04. The first-order valence-electron chi connectivity index (χ1n) is 6.86. The fourth-order valence-corrected chi connectivity index (χ4v) is 2.67. The van der Waals surface area contributed by atoms with E-state index in [1.54, 1.807) is 12.5 Å². The molecule has 0 unspecified atom stereocenters. The van der Waals surface area contributed by atoms with Crippen LogP contribution in [0.3, 0.4) is 0 Å². The summed E-state index contributed by atoms with van der Waals surface area (Å²) in [5.74, 6) is 1.36. The van der Waals surface area contributed by atoms with Crippen LogP contribution in [0.25, 0.3) is 0 Å². The van der Waals surface area contributed by atoms with Crippen molar-refractivity contribution >= 4 is 0 Å². The van der Waals surface area contributed by atoms with Gasteiger partial charge in [-0.3, -0.25) is 4.90 Å². The maximum Gasteiger partial charge on any atom is 0.197 e. The molecule has 0 saturated carbocycles. The van der Waals surface area contributed by atoms with Crippen LogP contribution < -0.4 is 0 Å². The lowest BCUT2D eigenvalue weighted by atomic mass is 9.97. The minimum absolute atomic E-state index is 0.473. The maximum absolute atomic E-state index is 5.40. The number of rotatable bonds is 4. The van der Waals surface area contributed by atoms with Crippen molar-refractivity contribution in [3.63, 3.8) is 0 Å². The van der Waals surface area contributed by atoms with Crippen molar-refractivity contribution in [3.8, 4) is 0 Å². The van der Waals surface area contributed by atoms with Gasteiger partial charge < -0.3 is 4.42 Å². The molecule has 0 spiro atoms. The van der Waals surface area contributed by atoms with Gasteiger partial charge in [-0.25, -0.2) is 9.67 Å². The monoisotopic (exact) mass is 261 g/mol. The Morgan fingerprint density at radius 2 is 2.21 bits per heavy atom. The van der Waals surface area contributed by atoms with Crippen LogP contribution in [-0.2, 0) is 13.1 Å². The first kappa shape index (κ1) is 12.3. The largest absolute Gasteiger partial charge is 0.449 e. The molecule has 3 heterocycles. The lowest BCUT2D eigenvalue weighted by Gasteiger charge is -2.30. The molecule has 19 heavy (non-hydrogen) atoms. The fraction of sp³-hybridized carbons (Fsp3) is 0.615. The molecule has 0 amide bonds. The maximum atomic E-state index is 5.40. The molecule has 2 aromatic heterocycles. The molecule has 0 bridgehead atoms. The molecule has 2 aromatic rings. The molecule has 0 aromatic carbocycles. The van der Waals surface area contributed by atoms with E-state index >= 15 is 0 Å². The summed E-state index contributed by atoms with van der Waals surface area (Å²) in [5.41, 5.74) is 1.19. The normalized spacial score (nSPS) is 17.9. The average Bonchev–Trinajstić information content (AvgIpc) is 3.10. The zero-order valence-corrected chi connectivity index (χ0v) is 11.2. The molecule has 0 radical (unpaired) electrons. The summed E-state index contributed by atoms with van der Waals surface area (Å²) in [4.78, 5) is 6.71. The van der Waals surface area contributed by atoms with E-state index in [1.165, 1.54) is 5.69 Å². The Hall–Kier alpha value is -1.69. The lowest BCUT2D eigenvalue weighted by Crippen LogP contribution is -2.33. The van der Waals surface area contributed by atoms with E-state index in [2.05, 4.69) is 27.1 Å². The summed E-state index contributed by atoms with van der Waals surface area (Å²) >= 11 is 0. The molecule has 102 valence electrons. The van der Waals surface area contributed by atoms with Crippen LogP contribution in [0.2, 0.25) is 0 Å². The standard InChI is InChI=1S/C13H19N5O/c1-2-18-12(9-15-16-18)10-17-6-3-11(4-7-17)13-14-5-8-19-13/h5,8-9,11H,2-4,6-7,10H2,1H3. The van der Waals surface area contributed by atoms with E-state index in [0.717, 1.165) is 44.9 Å². The minimum Gasteiger partial charge on any atom is -0.449 e. The highest BCUT2D eigenvalue weighted by molar-refractivity contribution is 4.98. The van der Waals surface area contributed by atoms with Crippen molar-refractivity contribution in [2.24, 2.45) is 0 Å². The Morgan fingerprint density at radius 3 is 2.89 bits per heavy atom. The van der Waals surface area contributed by atoms with Crippen molar-refractivity contribution in [2.45, 2.75) is 38.8 Å². The van der Waals surface area contributed by atoms with Gasteiger partial charge >= 0.3 is 0 Å². The van der Waals surface area contributed by atoms with Gasteiger partial charge in [0.15, 0.2) is 5.89 Å². The van der Waals surface area contributed by atoms with Crippen molar-refractivity contribution in [2.75, 3.05) is 13.1 Å². The second-order valence-corrected chi connectivity index (χ2v) is 4.96. The molecule has 6 heteroatoms. The second-order valence-electron chi connectivity index (χ2n) is 4.96. The highest BCUT2D eigenvalue weighted by Crippen LogP contribution is 2.27. The van der Waals surface area contributed by atoms with E-state index in [0.29, 0.717) is 5.92 Å². The van der Waals surface area contributed by atoms with E-state index in [1.807, 2.05) is 10.9 Å². The van der Waals surface area contributed by atoms with Gasteiger partial charge in [0.2, 0.25) is 0 Å². The minimum atomic E-state index is 0.473. The van der Waals surface area contributed by atoms with Crippen LogP contribution in [0.5, 0.6) is 0 Å². The smallest absolute Gasteiger partial charge is 0.197 e. The van der Waals surface area contributed by atoms with E-state index in [4.69, 9.17) is 4.42 Å². The zero-order chi connectivity index (χ0) is 13.1. The van der Waals surface area contributed by atoms with Crippen LogP contribution in [0, 0.1) is 0 Å². The molecular formula is C13H19N5O. The lowest BCUT2D eigenvalue weighted by molar-refractivity contribution is 0.188. The average molecular weight is 261 g/mol. The third-order valence-corrected chi connectivity index (χ3v) is 3.77. The Bertz CT molecular complexity index is 499. The van der Waals surface area contributed by atoms with Crippen molar-refractivity contribution in [1.82, 2.24) is 24.9 Å². The van der Waals surface area contributed by atoms with Gasteiger partial charge in [-0.05, 0) is 32.9 Å². The molecule has 1 aliphatic rings. The van der Waals surface area contributed by atoms with Crippen LogP contribution >= 0.6 is 0 Å². The molecule has 0 atom stereocenters. The Morgan fingerprint density at radius 1 is 1.37 bits per heavy atom. The predicted octanol–water partition coefficient (Wildman–Crippen LogP) is 1.67. The summed E-state index contributed by atoms with van der Waals surface area (Å²) < 4.78 is 7.36. The van der Waals surface area contributed by atoms with E-state index < -0.39 is 0 Å². The highest BCUT2D eigenvalue weighted by Gasteiger charge is 2.24. The third-order valence-electron chi connectivity index (χ3n) is 3.77. The van der Waals surface area contributed by atoms with Crippen LogP contribution in [0.1, 0.15) is 37.3 Å². The number of likely N-dealkylation sites (tertiary alicyclic amines) is 1. The second kappa shape index (κ2) is 5.52. The Labute approximate surface area is 112 Å². The molecule has 0 N–H and O–H groups in total. The zero-order valence-electron chi connectivity index (χ0n) is 11.2. The van der Waals surface area contributed by atoms with Crippen molar-refractivity contribution in [1.29, 1.82) is 0 Å². The Kier molecular flexibility index (Phi) is 3.59. The fourth-order valence-electron chi connectivity index (χ4n) is 2.67. The summed E-state index contributed by atoms with van der Waals surface area (Å²) in [5, 5.41) is 8.05. The van der Waals surface area contributed by atoms with Gasteiger partial charge in [0.1, 0.15) is 6.26 Å². The van der Waals surface area contributed by atoms with Crippen LogP contribution in [0.15, 0.2) is 23.1 Å². The number of nitrogens with zero attached hydrogens (tertiary/aromatic N) is 5. The van der Waals surface area contributed by atoms with Gasteiger partial charge in [-0.2, -0.15) is 0 Å². The summed E-state index contributed by atoms with van der Waals surface area (Å²) in [7, 11) is 0. The highest BCUT2D eigenvalue weighted by atomic mass is 16.3. The number of oxazole rings is 1. The first-order valence-corrected chi connectivity index (χ1v) is 6.86. The predicted molar refractivity (Wildman–Crippen MR) is 69.5 cm³/mol. The topological polar surface area (TPSA) is 60.0 Å². The molecule has 3 rings (SSSR count). The van der Waals surface area contributed by atoms with Gasteiger partial charge in [0.25, 0.3) is 0 Å². The molecular weight excluding hydrogens is 242 g/mol. The molecule has 1 fully saturated rings. The summed E-state index contributed by atoms with van der Waals surface area (Å²) in [6, 6.07) is 0. The number of hydrogen-bond acceptors (Lipinski definition) is 5. The first-order chi connectivity index (χ1) is 9.36. The van der Waals surface area contributed by atoms with Crippen LogP contribution in [0.4, 0.5) is 0 Å². The van der Waals surface area contributed by atoms with Crippen molar-refractivity contribution in [3.05, 3.63) is 30.2 Å². The summed E-state index contributed by atoms with van der Waals surface area (Å²) in [6.07, 6.45) is 7.46. The number of hydrogen-bond donors (Lipinski definition) is 0. The quantitative estimate of drug-likeness (QED) is 0.837. The van der Waals surface area contributed by atoms with Crippen LogP contribution in [-0.4, -0.2) is 38.0 Å². The number of piperidine rings is 1. The molecule has 0 aliphatic carbocycles. The van der Waals surface area contributed by atoms with Gasteiger partial charge in [0, 0.05) is 19.0 Å². The van der Waals surface area contributed by atoms with E-state index in [-0.39, 0.29) is 0 Å². The third kappa shape index (κ3) is 2.68. The van der Waals surface area contributed by atoms with Gasteiger partial charge in [-0.1, -0.05) is 5.21 Å². The van der Waals surface area contributed by atoms with Crippen molar-refractivity contribution < 1.29 is 4.42 Å². The molecule has 1 saturated heterocycles. The van der Waals surface area contributed by atoms with Gasteiger partial charge in [0.05, 0.1) is 18.1 Å². The molecule has 6 nitrogen and oxygen atoms in total. The van der Waals surface area contributed by atoms with E-state index in [9.17, 15) is 0 Å². The number of aromatic nitrogens is 4. The number of aryl methyl sites for hydroxylation is 1.